The molecule has 0 saturated heterocycles. The maximum Gasteiger partial charge on any atom is 0.291 e. The van der Waals surface area contributed by atoms with Gasteiger partial charge in [-0.1, -0.05) is 34.8 Å². The second-order valence-corrected chi connectivity index (χ2v) is 5.85. The fourth-order valence-corrected chi connectivity index (χ4v) is 2.35. The maximum absolute atomic E-state index is 12.1. The Bertz CT molecular complexity index is 884. The van der Waals surface area contributed by atoms with E-state index in [1.165, 1.54) is 24.3 Å². The highest BCUT2D eigenvalue weighted by molar-refractivity contribution is 6.46. The van der Waals surface area contributed by atoms with Gasteiger partial charge in [0.2, 0.25) is 0 Å². The summed E-state index contributed by atoms with van der Waals surface area (Å²) in [5.74, 6) is -0.739. The highest BCUT2D eigenvalue weighted by Crippen LogP contribution is 2.34. The zero-order valence-electron chi connectivity index (χ0n) is 12.6. The van der Waals surface area contributed by atoms with Crippen molar-refractivity contribution in [3.8, 4) is 0 Å². The van der Waals surface area contributed by atoms with Crippen LogP contribution in [0.25, 0.3) is 0 Å². The van der Waals surface area contributed by atoms with Crippen LogP contribution in [0.15, 0.2) is 29.4 Å². The highest BCUT2D eigenvalue weighted by atomic mass is 35.5. The summed E-state index contributed by atoms with van der Waals surface area (Å²) in [7, 11) is 0. The molecule has 1 aromatic heterocycles. The van der Waals surface area contributed by atoms with Crippen molar-refractivity contribution < 1.29 is 9.72 Å². The van der Waals surface area contributed by atoms with Crippen molar-refractivity contribution in [3.05, 3.63) is 60.8 Å². The van der Waals surface area contributed by atoms with Crippen LogP contribution < -0.4 is 11.2 Å². The van der Waals surface area contributed by atoms with Crippen molar-refractivity contribution in [2.24, 2.45) is 5.10 Å². The molecule has 2 rings (SSSR count). The molecule has 0 aliphatic rings. The maximum atomic E-state index is 12.1. The summed E-state index contributed by atoms with van der Waals surface area (Å²) in [6, 6.07) is 5.67. The second kappa shape index (κ2) is 7.64. The Morgan fingerprint density at radius 3 is 2.40 bits per heavy atom. The van der Waals surface area contributed by atoms with Crippen LogP contribution in [-0.4, -0.2) is 21.5 Å². The van der Waals surface area contributed by atoms with Gasteiger partial charge in [-0.3, -0.25) is 14.9 Å². The van der Waals surface area contributed by atoms with Gasteiger partial charge >= 0.3 is 0 Å². The standard InChI is InChI=1S/C14H10Cl3N5O3/c1-6(7-2-4-8(5-3-7)22(24)25)20-21-14(23)12-9(15)11(18)10(16)13(17)19-12/h2-5H,1H3,(H2,18,19)(H,21,23)/b20-6-. The molecule has 0 radical (unpaired) electrons. The van der Waals surface area contributed by atoms with Crippen LogP contribution >= 0.6 is 34.8 Å². The number of rotatable bonds is 4. The summed E-state index contributed by atoms with van der Waals surface area (Å²) in [4.78, 5) is 26.0. The number of aromatic nitrogens is 1. The molecule has 0 fully saturated rings. The van der Waals surface area contributed by atoms with E-state index in [1.54, 1.807) is 6.92 Å². The molecular weight excluding hydrogens is 393 g/mol. The van der Waals surface area contributed by atoms with Gasteiger partial charge in [0.15, 0.2) is 10.8 Å². The molecule has 3 N–H and O–H groups in total. The molecule has 1 amide bonds. The van der Waals surface area contributed by atoms with E-state index in [9.17, 15) is 14.9 Å². The predicted molar refractivity (Wildman–Crippen MR) is 96.5 cm³/mol. The topological polar surface area (TPSA) is 124 Å². The number of nitrogens with one attached hydrogen (secondary N) is 1. The quantitative estimate of drug-likeness (QED) is 0.349. The molecule has 0 aliphatic heterocycles. The number of nitrogens with zero attached hydrogens (tertiary/aromatic N) is 3. The molecule has 0 saturated carbocycles. The number of nitrogens with two attached hydrogens (primary N) is 1. The average Bonchev–Trinajstić information content (AvgIpc) is 2.60. The lowest BCUT2D eigenvalue weighted by molar-refractivity contribution is -0.384. The molecule has 0 bridgehead atoms. The summed E-state index contributed by atoms with van der Waals surface area (Å²) < 4.78 is 0. The summed E-state index contributed by atoms with van der Waals surface area (Å²) in [5, 5.41) is 14.2. The molecule has 0 spiro atoms. The Labute approximate surface area is 156 Å². The van der Waals surface area contributed by atoms with Gasteiger partial charge in [-0.25, -0.2) is 10.4 Å². The van der Waals surface area contributed by atoms with Crippen molar-refractivity contribution in [1.82, 2.24) is 10.4 Å². The third-order valence-corrected chi connectivity index (χ3v) is 4.24. The molecule has 8 nitrogen and oxygen atoms in total. The van der Waals surface area contributed by atoms with Crippen LogP contribution in [0.5, 0.6) is 0 Å². The molecule has 2 aromatic rings. The van der Waals surface area contributed by atoms with Gasteiger partial charge in [-0.15, -0.1) is 0 Å². The van der Waals surface area contributed by atoms with Gasteiger partial charge in [-0.2, -0.15) is 5.10 Å². The van der Waals surface area contributed by atoms with Gasteiger partial charge in [0.1, 0.15) is 5.02 Å². The summed E-state index contributed by atoms with van der Waals surface area (Å²) in [5.41, 5.74) is 8.55. The third-order valence-electron chi connectivity index (χ3n) is 3.11. The molecule has 1 heterocycles. The first-order chi connectivity index (χ1) is 11.7. The molecule has 0 unspecified atom stereocenters. The first-order valence-corrected chi connectivity index (χ1v) is 7.75. The Morgan fingerprint density at radius 1 is 1.24 bits per heavy atom. The summed E-state index contributed by atoms with van der Waals surface area (Å²) >= 11 is 17.5. The monoisotopic (exact) mass is 401 g/mol. The minimum Gasteiger partial charge on any atom is -0.396 e. The predicted octanol–water partition coefficient (Wildman–Crippen LogP) is 3.69. The number of nitro groups is 1. The number of nitro benzene ring substituents is 1. The number of hydrazone groups is 1. The summed E-state index contributed by atoms with van der Waals surface area (Å²) in [6.07, 6.45) is 0. The zero-order valence-corrected chi connectivity index (χ0v) is 14.9. The zero-order chi connectivity index (χ0) is 18.7. The Morgan fingerprint density at radius 2 is 1.84 bits per heavy atom. The van der Waals surface area contributed by atoms with E-state index in [2.05, 4.69) is 15.5 Å². The van der Waals surface area contributed by atoms with Crippen molar-refractivity contribution in [2.75, 3.05) is 5.73 Å². The lowest BCUT2D eigenvalue weighted by Crippen LogP contribution is -2.21. The molecular formula is C14H10Cl3N5O3. The first kappa shape index (κ1) is 18.9. The van der Waals surface area contributed by atoms with E-state index in [-0.39, 0.29) is 32.3 Å². The first-order valence-electron chi connectivity index (χ1n) is 6.61. The number of nitrogen functional groups attached to an aromatic ring is 1. The van der Waals surface area contributed by atoms with Crippen LogP contribution in [0.3, 0.4) is 0 Å². The Hall–Kier alpha value is -2.42. The van der Waals surface area contributed by atoms with Gasteiger partial charge in [0, 0.05) is 12.1 Å². The average molecular weight is 403 g/mol. The molecule has 130 valence electrons. The second-order valence-electron chi connectivity index (χ2n) is 4.73. The normalized spacial score (nSPS) is 11.3. The minimum atomic E-state index is -0.739. The smallest absolute Gasteiger partial charge is 0.291 e. The fraction of sp³-hybridized carbons (Fsp3) is 0.0714. The lowest BCUT2D eigenvalue weighted by atomic mass is 10.1. The van der Waals surface area contributed by atoms with Crippen LogP contribution in [0.1, 0.15) is 23.0 Å². The van der Waals surface area contributed by atoms with Crippen LogP contribution in [0, 0.1) is 10.1 Å². The van der Waals surface area contributed by atoms with Crippen LogP contribution in [-0.2, 0) is 0 Å². The van der Waals surface area contributed by atoms with Crippen molar-refractivity contribution in [1.29, 1.82) is 0 Å². The van der Waals surface area contributed by atoms with Crippen LogP contribution in [0.4, 0.5) is 11.4 Å². The molecule has 0 atom stereocenters. The van der Waals surface area contributed by atoms with E-state index < -0.39 is 10.8 Å². The lowest BCUT2D eigenvalue weighted by Gasteiger charge is -2.08. The van der Waals surface area contributed by atoms with Gasteiger partial charge in [-0.05, 0) is 24.6 Å². The van der Waals surface area contributed by atoms with Gasteiger partial charge in [0.25, 0.3) is 11.6 Å². The number of anilines is 1. The minimum absolute atomic E-state index is 0.0474. The largest absolute Gasteiger partial charge is 0.396 e. The van der Waals surface area contributed by atoms with Crippen molar-refractivity contribution >= 4 is 57.8 Å². The van der Waals surface area contributed by atoms with Gasteiger partial charge in [0.05, 0.1) is 21.3 Å². The molecule has 1 aromatic carbocycles. The SMILES string of the molecule is C/C(=N/NC(=O)c1nc(Cl)c(Cl)c(N)c1Cl)c1ccc([N+](=O)[O-])cc1. The number of pyridine rings is 1. The Kier molecular flexibility index (Phi) is 5.78. The number of carbonyl (C=O) groups excluding carboxylic acids is 1. The number of hydrogen-bond donors (Lipinski definition) is 2. The van der Waals surface area contributed by atoms with E-state index in [0.717, 1.165) is 0 Å². The van der Waals surface area contributed by atoms with Crippen molar-refractivity contribution in [3.63, 3.8) is 0 Å². The van der Waals surface area contributed by atoms with E-state index >= 15 is 0 Å². The van der Waals surface area contributed by atoms with Crippen molar-refractivity contribution in [2.45, 2.75) is 6.92 Å². The number of amides is 1. The molecule has 0 aliphatic carbocycles. The number of non-ortho nitro benzene ring substituents is 1. The number of hydrogen-bond acceptors (Lipinski definition) is 6. The third kappa shape index (κ3) is 4.16. The Balaban J connectivity index is 2.21. The molecule has 11 heteroatoms. The van der Waals surface area contributed by atoms with E-state index in [4.69, 9.17) is 40.5 Å². The van der Waals surface area contributed by atoms with Crippen LogP contribution in [0.2, 0.25) is 15.2 Å². The number of benzene rings is 1. The number of halogens is 3. The van der Waals surface area contributed by atoms with Gasteiger partial charge < -0.3 is 5.73 Å². The summed E-state index contributed by atoms with van der Waals surface area (Å²) in [6.45, 7) is 1.61. The number of carbonyl (C=O) groups is 1. The van der Waals surface area contributed by atoms with E-state index in [1.807, 2.05) is 0 Å². The fourth-order valence-electron chi connectivity index (χ4n) is 1.76. The molecule has 25 heavy (non-hydrogen) atoms. The highest BCUT2D eigenvalue weighted by Gasteiger charge is 2.19. The van der Waals surface area contributed by atoms with E-state index in [0.29, 0.717) is 11.3 Å².